The molecule has 0 atom stereocenters. The van der Waals surface area contributed by atoms with E-state index in [2.05, 4.69) is 5.32 Å². The molecule has 29 heavy (non-hydrogen) atoms. The van der Waals surface area contributed by atoms with E-state index in [9.17, 15) is 14.2 Å². The molecule has 2 aromatic rings. The lowest BCUT2D eigenvalue weighted by molar-refractivity contribution is -0.120. The van der Waals surface area contributed by atoms with Gasteiger partial charge in [-0.1, -0.05) is 29.8 Å². The van der Waals surface area contributed by atoms with Gasteiger partial charge in [-0.15, -0.1) is 0 Å². The summed E-state index contributed by atoms with van der Waals surface area (Å²) in [5.41, 5.74) is 2.93. The molecule has 1 aromatic heterocycles. The largest absolute Gasteiger partial charge is 0.355 e. The maximum absolute atomic E-state index is 12.7. The van der Waals surface area contributed by atoms with Gasteiger partial charge in [0.25, 0.3) is 0 Å². The Kier molecular flexibility index (Phi) is 8.38. The summed E-state index contributed by atoms with van der Waals surface area (Å²) >= 11 is 0. The van der Waals surface area contributed by atoms with Gasteiger partial charge in [-0.2, -0.15) is 0 Å². The summed E-state index contributed by atoms with van der Waals surface area (Å²) in [6.45, 7) is 6.22. The van der Waals surface area contributed by atoms with Crippen molar-refractivity contribution in [3.05, 3.63) is 58.9 Å². The fraction of sp³-hybridized carbons (Fsp3) is 0.429. The molecular formula is C21H29N2O5P. The Morgan fingerprint density at radius 1 is 1.03 bits per heavy atom. The van der Waals surface area contributed by atoms with E-state index in [1.54, 1.807) is 49.7 Å². The van der Waals surface area contributed by atoms with Gasteiger partial charge in [0.05, 0.1) is 31.5 Å². The number of ketones is 1. The molecule has 2 rings (SSSR count). The number of carbonyl (C=O) groups is 2. The predicted octanol–water partition coefficient (Wildman–Crippen LogP) is 3.49. The first-order valence-corrected chi connectivity index (χ1v) is 11.4. The SMILES string of the molecule is CCOP(=O)(CCNC(=O)Cc1ccc(C(=O)c2ccc(C)cc2)n1C)OCC. The molecule has 0 aliphatic rings. The predicted molar refractivity (Wildman–Crippen MR) is 112 cm³/mol. The topological polar surface area (TPSA) is 86.6 Å². The summed E-state index contributed by atoms with van der Waals surface area (Å²) in [7, 11) is -1.41. The lowest BCUT2D eigenvalue weighted by Gasteiger charge is -2.17. The molecule has 0 fully saturated rings. The van der Waals surface area contributed by atoms with Crippen molar-refractivity contribution >= 4 is 19.3 Å². The number of aromatic nitrogens is 1. The molecule has 0 spiro atoms. The molecule has 8 heteroatoms. The van der Waals surface area contributed by atoms with Crippen LogP contribution in [-0.2, 0) is 31.9 Å². The number of carbonyl (C=O) groups excluding carboxylic acids is 2. The zero-order valence-electron chi connectivity index (χ0n) is 17.4. The smallest absolute Gasteiger partial charge is 0.332 e. The van der Waals surface area contributed by atoms with Crippen LogP contribution < -0.4 is 5.32 Å². The first-order chi connectivity index (χ1) is 13.8. The summed E-state index contributed by atoms with van der Waals surface area (Å²) in [6, 6.07) is 10.9. The number of hydrogen-bond donors (Lipinski definition) is 1. The highest BCUT2D eigenvalue weighted by Crippen LogP contribution is 2.47. The number of benzene rings is 1. The van der Waals surface area contributed by atoms with Crippen LogP contribution >= 0.6 is 7.60 Å². The van der Waals surface area contributed by atoms with Crippen molar-refractivity contribution in [1.82, 2.24) is 9.88 Å². The molecule has 0 unspecified atom stereocenters. The highest BCUT2D eigenvalue weighted by Gasteiger charge is 2.23. The second-order valence-corrected chi connectivity index (χ2v) is 8.85. The Balaban J connectivity index is 1.95. The molecule has 0 radical (unpaired) electrons. The Morgan fingerprint density at radius 3 is 2.24 bits per heavy atom. The fourth-order valence-corrected chi connectivity index (χ4v) is 4.44. The van der Waals surface area contributed by atoms with Crippen molar-refractivity contribution in [3.63, 3.8) is 0 Å². The Labute approximate surface area is 171 Å². The van der Waals surface area contributed by atoms with Crippen LogP contribution in [0.2, 0.25) is 0 Å². The summed E-state index contributed by atoms with van der Waals surface area (Å²) in [4.78, 5) is 25.0. The van der Waals surface area contributed by atoms with Gasteiger partial charge in [0, 0.05) is 24.8 Å². The van der Waals surface area contributed by atoms with Gasteiger partial charge in [-0.05, 0) is 32.9 Å². The molecule has 0 saturated heterocycles. The van der Waals surface area contributed by atoms with Crippen molar-refractivity contribution in [1.29, 1.82) is 0 Å². The third-order valence-corrected chi connectivity index (χ3v) is 6.55. The molecule has 158 valence electrons. The van der Waals surface area contributed by atoms with Crippen LogP contribution in [0.4, 0.5) is 0 Å². The van der Waals surface area contributed by atoms with Gasteiger partial charge in [-0.3, -0.25) is 14.2 Å². The Bertz CT molecular complexity index is 879. The molecule has 0 aliphatic heterocycles. The van der Waals surface area contributed by atoms with Gasteiger partial charge in [0.2, 0.25) is 11.7 Å². The first-order valence-electron chi connectivity index (χ1n) is 9.70. The zero-order chi connectivity index (χ0) is 21.4. The van der Waals surface area contributed by atoms with Crippen LogP contribution in [0.3, 0.4) is 0 Å². The van der Waals surface area contributed by atoms with Crippen molar-refractivity contribution in [2.24, 2.45) is 7.05 Å². The number of nitrogens with one attached hydrogen (secondary N) is 1. The summed E-state index contributed by atoms with van der Waals surface area (Å²) in [6.07, 6.45) is 0.232. The van der Waals surface area contributed by atoms with Gasteiger partial charge in [0.1, 0.15) is 0 Å². The van der Waals surface area contributed by atoms with Crippen LogP contribution in [0, 0.1) is 6.92 Å². The lowest BCUT2D eigenvalue weighted by atomic mass is 10.1. The normalized spacial score (nSPS) is 11.4. The average Bonchev–Trinajstić information content (AvgIpc) is 3.02. The molecule has 0 bridgehead atoms. The van der Waals surface area contributed by atoms with Crippen molar-refractivity contribution < 1.29 is 23.2 Å². The van der Waals surface area contributed by atoms with E-state index >= 15 is 0 Å². The number of amides is 1. The Morgan fingerprint density at radius 2 is 1.66 bits per heavy atom. The quantitative estimate of drug-likeness (QED) is 0.444. The summed E-state index contributed by atoms with van der Waals surface area (Å²) in [5, 5.41) is 2.74. The van der Waals surface area contributed by atoms with Crippen LogP contribution in [0.15, 0.2) is 36.4 Å². The van der Waals surface area contributed by atoms with E-state index in [1.165, 1.54) is 0 Å². The highest BCUT2D eigenvalue weighted by atomic mass is 31.2. The minimum atomic E-state index is -3.18. The average molecular weight is 420 g/mol. The third-order valence-electron chi connectivity index (χ3n) is 4.47. The molecule has 1 N–H and O–H groups in total. The van der Waals surface area contributed by atoms with E-state index < -0.39 is 7.60 Å². The molecule has 0 aliphatic carbocycles. The summed E-state index contributed by atoms with van der Waals surface area (Å²) in [5.74, 6) is -0.311. The fourth-order valence-electron chi connectivity index (χ4n) is 2.93. The van der Waals surface area contributed by atoms with Crippen molar-refractivity contribution in [2.75, 3.05) is 25.9 Å². The maximum Gasteiger partial charge on any atom is 0.332 e. The molecule has 1 heterocycles. The highest BCUT2D eigenvalue weighted by molar-refractivity contribution is 7.53. The second-order valence-electron chi connectivity index (χ2n) is 6.66. The van der Waals surface area contributed by atoms with Gasteiger partial charge in [-0.25, -0.2) is 0 Å². The van der Waals surface area contributed by atoms with Gasteiger partial charge in [0.15, 0.2) is 0 Å². The van der Waals surface area contributed by atoms with Crippen molar-refractivity contribution in [3.8, 4) is 0 Å². The van der Waals surface area contributed by atoms with E-state index in [0.717, 1.165) is 11.3 Å². The zero-order valence-corrected chi connectivity index (χ0v) is 18.3. The van der Waals surface area contributed by atoms with E-state index in [1.807, 2.05) is 19.1 Å². The number of hydrogen-bond acceptors (Lipinski definition) is 5. The van der Waals surface area contributed by atoms with Gasteiger partial charge >= 0.3 is 7.60 Å². The molecular weight excluding hydrogens is 391 g/mol. The van der Waals surface area contributed by atoms with Crippen LogP contribution in [0.1, 0.15) is 41.2 Å². The minimum absolute atomic E-state index is 0.0893. The first kappa shape index (κ1) is 23.1. The minimum Gasteiger partial charge on any atom is -0.355 e. The Hall–Kier alpha value is -2.21. The van der Waals surface area contributed by atoms with Gasteiger partial charge < -0.3 is 18.9 Å². The number of aryl methyl sites for hydroxylation is 1. The maximum atomic E-state index is 12.7. The summed E-state index contributed by atoms with van der Waals surface area (Å²) < 4.78 is 24.6. The third kappa shape index (κ3) is 6.39. The van der Waals surface area contributed by atoms with Crippen molar-refractivity contribution in [2.45, 2.75) is 27.2 Å². The molecule has 7 nitrogen and oxygen atoms in total. The molecule has 1 aromatic carbocycles. The number of nitrogens with zero attached hydrogens (tertiary/aromatic N) is 1. The lowest BCUT2D eigenvalue weighted by Crippen LogP contribution is -2.29. The van der Waals surface area contributed by atoms with Crippen LogP contribution in [0.25, 0.3) is 0 Å². The van der Waals surface area contributed by atoms with Crippen LogP contribution in [0.5, 0.6) is 0 Å². The van der Waals surface area contributed by atoms with E-state index in [0.29, 0.717) is 11.3 Å². The standard InChI is InChI=1S/C21H29N2O5P/c1-5-27-29(26,28-6-2)14-13-22-20(24)15-18-11-12-19(23(18)4)21(25)17-9-7-16(3)8-10-17/h7-12H,5-6,13-15H2,1-4H3,(H,22,24). The number of rotatable bonds is 11. The van der Waals surface area contributed by atoms with Crippen LogP contribution in [-0.4, -0.2) is 42.2 Å². The monoisotopic (exact) mass is 420 g/mol. The van der Waals surface area contributed by atoms with E-state index in [-0.39, 0.29) is 44.0 Å². The second kappa shape index (κ2) is 10.5. The molecule has 1 amide bonds. The molecule has 0 saturated carbocycles. The van der Waals surface area contributed by atoms with E-state index in [4.69, 9.17) is 9.05 Å².